The van der Waals surface area contributed by atoms with Gasteiger partial charge >= 0.3 is 0 Å². The molecule has 0 saturated carbocycles. The quantitative estimate of drug-likeness (QED) is 0.474. The fraction of sp³-hybridized carbons (Fsp3) is 0.370. The Kier molecular flexibility index (Phi) is 7.29. The van der Waals surface area contributed by atoms with Crippen LogP contribution in [-0.2, 0) is 15.9 Å². The maximum absolute atomic E-state index is 5.70. The highest BCUT2D eigenvalue weighted by atomic mass is 16.5. The van der Waals surface area contributed by atoms with E-state index in [9.17, 15) is 0 Å². The molecule has 0 radical (unpaired) electrons. The summed E-state index contributed by atoms with van der Waals surface area (Å²) in [5, 5.41) is 3.47. The van der Waals surface area contributed by atoms with E-state index >= 15 is 0 Å². The Bertz CT molecular complexity index is 1220. The number of aromatic nitrogens is 2. The van der Waals surface area contributed by atoms with Gasteiger partial charge in [-0.1, -0.05) is 12.1 Å². The summed E-state index contributed by atoms with van der Waals surface area (Å²) in [6.07, 6.45) is 0.621. The first-order chi connectivity index (χ1) is 17.6. The molecule has 0 atom stereocenters. The summed E-state index contributed by atoms with van der Waals surface area (Å²) in [5.41, 5.74) is 4.95. The number of anilines is 4. The van der Waals surface area contributed by atoms with Crippen molar-refractivity contribution in [3.63, 3.8) is 0 Å². The predicted octanol–water partition coefficient (Wildman–Crippen LogP) is 4.11. The topological polar surface area (TPSA) is 84.3 Å². The average molecular weight is 489 g/mol. The number of nitrogens with one attached hydrogen (secondary N) is 1. The molecule has 1 aromatic heterocycles. The van der Waals surface area contributed by atoms with Crippen LogP contribution in [0.15, 0.2) is 53.5 Å². The fourth-order valence-electron chi connectivity index (χ4n) is 4.28. The third-order valence-electron chi connectivity index (χ3n) is 6.21. The lowest BCUT2D eigenvalue weighted by atomic mass is 10.2. The number of aliphatic imine (C=N–C) groups is 1. The summed E-state index contributed by atoms with van der Waals surface area (Å²) in [6, 6.07) is 16.2. The number of rotatable bonds is 8. The van der Waals surface area contributed by atoms with Crippen molar-refractivity contribution >= 4 is 34.7 Å². The molecule has 9 nitrogen and oxygen atoms in total. The highest BCUT2D eigenvalue weighted by molar-refractivity contribution is 6.03. The molecule has 1 N–H and O–H groups in total. The van der Waals surface area contributed by atoms with Gasteiger partial charge in [-0.05, 0) is 48.9 Å². The van der Waals surface area contributed by atoms with E-state index in [1.807, 2.05) is 42.3 Å². The molecule has 0 spiro atoms. The maximum atomic E-state index is 5.70. The number of methoxy groups -OCH3 is 1. The molecular weight excluding hydrogens is 456 g/mol. The zero-order valence-electron chi connectivity index (χ0n) is 21.0. The van der Waals surface area contributed by atoms with Gasteiger partial charge in [-0.25, -0.2) is 9.98 Å². The minimum atomic E-state index is 0.515. The van der Waals surface area contributed by atoms with Gasteiger partial charge in [-0.15, -0.1) is 0 Å². The molecule has 3 aromatic rings. The van der Waals surface area contributed by atoms with Gasteiger partial charge in [0.1, 0.15) is 23.9 Å². The molecule has 188 valence electrons. The number of amidine groups is 1. The second-order valence-electron chi connectivity index (χ2n) is 8.87. The van der Waals surface area contributed by atoms with Gasteiger partial charge in [-0.3, -0.25) is 0 Å². The second kappa shape index (κ2) is 10.9. The summed E-state index contributed by atoms with van der Waals surface area (Å²) in [4.78, 5) is 19.1. The van der Waals surface area contributed by atoms with Crippen LogP contribution in [0.4, 0.5) is 28.8 Å². The molecule has 2 aliphatic rings. The van der Waals surface area contributed by atoms with Gasteiger partial charge in [0.2, 0.25) is 5.95 Å². The zero-order valence-corrected chi connectivity index (χ0v) is 21.0. The summed E-state index contributed by atoms with van der Waals surface area (Å²) < 4.78 is 16.3. The minimum Gasteiger partial charge on any atom is -0.491 e. The van der Waals surface area contributed by atoms with Crippen molar-refractivity contribution in [3.8, 4) is 5.75 Å². The van der Waals surface area contributed by atoms with Crippen molar-refractivity contribution < 1.29 is 14.2 Å². The van der Waals surface area contributed by atoms with E-state index in [2.05, 4.69) is 35.3 Å². The monoisotopic (exact) mass is 488 g/mol. The highest BCUT2D eigenvalue weighted by Gasteiger charge is 2.27. The van der Waals surface area contributed by atoms with Crippen molar-refractivity contribution in [1.82, 2.24) is 9.97 Å². The Morgan fingerprint density at radius 2 is 1.86 bits per heavy atom. The number of hydrogen-bond acceptors (Lipinski definition) is 9. The first-order valence-electron chi connectivity index (χ1n) is 12.2. The molecule has 1 saturated heterocycles. The van der Waals surface area contributed by atoms with Crippen molar-refractivity contribution in [2.45, 2.75) is 13.3 Å². The van der Waals surface area contributed by atoms with Crippen LogP contribution in [0.1, 0.15) is 11.3 Å². The first-order valence-corrected chi connectivity index (χ1v) is 12.2. The van der Waals surface area contributed by atoms with Crippen LogP contribution in [0.25, 0.3) is 0 Å². The SMILES string of the molecule is COCCOc1ccc(N(C)c2nc3c(c(N4CCOCC4)n2)N=C(Nc2cccc(C)c2)C3)cc1. The lowest BCUT2D eigenvalue weighted by Gasteiger charge is -2.29. The molecule has 2 aromatic carbocycles. The van der Waals surface area contributed by atoms with Crippen molar-refractivity contribution in [2.24, 2.45) is 4.99 Å². The smallest absolute Gasteiger partial charge is 0.232 e. The Labute approximate surface area is 211 Å². The highest BCUT2D eigenvalue weighted by Crippen LogP contribution is 2.37. The van der Waals surface area contributed by atoms with E-state index in [0.717, 1.165) is 53.2 Å². The van der Waals surface area contributed by atoms with Crippen LogP contribution in [-0.4, -0.2) is 69.5 Å². The molecule has 2 aliphatic heterocycles. The summed E-state index contributed by atoms with van der Waals surface area (Å²) in [5.74, 6) is 3.16. The zero-order chi connectivity index (χ0) is 24.9. The number of fused-ring (bicyclic) bond motifs is 1. The van der Waals surface area contributed by atoms with Crippen LogP contribution in [0, 0.1) is 6.92 Å². The Morgan fingerprint density at radius 3 is 2.61 bits per heavy atom. The third-order valence-corrected chi connectivity index (χ3v) is 6.21. The fourth-order valence-corrected chi connectivity index (χ4v) is 4.28. The molecule has 0 unspecified atom stereocenters. The van der Waals surface area contributed by atoms with Crippen molar-refractivity contribution in [2.75, 3.05) is 68.8 Å². The number of morpholine rings is 1. The van der Waals surface area contributed by atoms with Gasteiger partial charge in [0, 0.05) is 38.6 Å². The standard InChI is InChI=1S/C27H32N6O3/c1-19-5-4-6-20(17-19)28-24-18-23-25(30-24)26(33-11-13-35-14-12-33)31-27(29-23)32(2)21-7-9-22(10-8-21)36-16-15-34-3/h4-10,17H,11-16,18H2,1-3H3,(H,28,30). The lowest BCUT2D eigenvalue weighted by molar-refractivity contribution is 0.122. The lowest BCUT2D eigenvalue weighted by Crippen LogP contribution is -2.37. The second-order valence-corrected chi connectivity index (χ2v) is 8.87. The van der Waals surface area contributed by atoms with Gasteiger partial charge in [-0.2, -0.15) is 4.98 Å². The van der Waals surface area contributed by atoms with E-state index in [-0.39, 0.29) is 0 Å². The summed E-state index contributed by atoms with van der Waals surface area (Å²) in [7, 11) is 3.64. The normalized spacial score (nSPS) is 14.9. The number of benzene rings is 2. The maximum Gasteiger partial charge on any atom is 0.232 e. The van der Waals surface area contributed by atoms with Crippen LogP contribution in [0.2, 0.25) is 0 Å². The van der Waals surface area contributed by atoms with E-state index in [1.165, 1.54) is 5.56 Å². The van der Waals surface area contributed by atoms with Crippen LogP contribution >= 0.6 is 0 Å². The van der Waals surface area contributed by atoms with Crippen LogP contribution < -0.4 is 19.9 Å². The average Bonchev–Trinajstić information content (AvgIpc) is 3.31. The van der Waals surface area contributed by atoms with E-state index in [4.69, 9.17) is 29.2 Å². The third kappa shape index (κ3) is 5.42. The number of nitrogens with zero attached hydrogens (tertiary/aromatic N) is 5. The predicted molar refractivity (Wildman–Crippen MR) is 143 cm³/mol. The van der Waals surface area contributed by atoms with Gasteiger partial charge < -0.3 is 29.3 Å². The number of aryl methyl sites for hydroxylation is 1. The van der Waals surface area contributed by atoms with Gasteiger partial charge in [0.05, 0.1) is 31.9 Å². The first kappa shape index (κ1) is 24.0. The number of ether oxygens (including phenoxy) is 3. The van der Waals surface area contributed by atoms with Crippen LogP contribution in [0.3, 0.4) is 0 Å². The Balaban J connectivity index is 1.41. The van der Waals surface area contributed by atoms with E-state index < -0.39 is 0 Å². The summed E-state index contributed by atoms with van der Waals surface area (Å²) in [6.45, 7) is 6.05. The molecule has 36 heavy (non-hydrogen) atoms. The van der Waals surface area contributed by atoms with Crippen molar-refractivity contribution in [1.29, 1.82) is 0 Å². The molecule has 5 rings (SSSR count). The molecule has 1 fully saturated rings. The molecule has 0 amide bonds. The minimum absolute atomic E-state index is 0.515. The Morgan fingerprint density at radius 1 is 1.06 bits per heavy atom. The van der Waals surface area contributed by atoms with Crippen LogP contribution in [0.5, 0.6) is 5.75 Å². The van der Waals surface area contributed by atoms with E-state index in [0.29, 0.717) is 38.8 Å². The largest absolute Gasteiger partial charge is 0.491 e. The molecular formula is C27H32N6O3. The number of hydrogen-bond donors (Lipinski definition) is 1. The Hall–Kier alpha value is -3.69. The van der Waals surface area contributed by atoms with Crippen molar-refractivity contribution in [3.05, 3.63) is 59.8 Å². The molecule has 3 heterocycles. The van der Waals surface area contributed by atoms with Gasteiger partial charge in [0.15, 0.2) is 5.82 Å². The van der Waals surface area contributed by atoms with Gasteiger partial charge in [0.25, 0.3) is 0 Å². The van der Waals surface area contributed by atoms with E-state index in [1.54, 1.807) is 7.11 Å². The molecule has 0 aliphatic carbocycles. The molecule has 9 heteroatoms. The molecule has 0 bridgehead atoms. The summed E-state index contributed by atoms with van der Waals surface area (Å²) >= 11 is 0.